The molecular weight excluding hydrogens is 292 g/mol. The molecule has 0 saturated carbocycles. The van der Waals surface area contributed by atoms with E-state index in [0.717, 1.165) is 13.1 Å². The van der Waals surface area contributed by atoms with Gasteiger partial charge in [-0.3, -0.25) is 4.99 Å². The monoisotopic (exact) mass is 312 g/mol. The van der Waals surface area contributed by atoms with Crippen LogP contribution in [0.5, 0.6) is 0 Å². The number of aliphatic imine (C=N–C) groups is 1. The zero-order chi connectivity index (χ0) is 16.2. The number of nitrogens with zero attached hydrogens (tertiary/aromatic N) is 2. The minimum atomic E-state index is -0.357. The van der Waals surface area contributed by atoms with Gasteiger partial charge in [-0.1, -0.05) is 91.0 Å². The minimum Gasteiger partial charge on any atom is -0.343 e. The lowest BCUT2D eigenvalue weighted by Gasteiger charge is -2.43. The van der Waals surface area contributed by atoms with E-state index in [1.165, 1.54) is 16.7 Å². The second-order valence-electron chi connectivity index (χ2n) is 6.02. The van der Waals surface area contributed by atoms with Crippen LogP contribution in [0.15, 0.2) is 96.0 Å². The standard InChI is InChI=1S/C22H20N2/c1-4-10-19(11-5-1)22(24-17-16-23-18-24,20-12-6-2-7-13-20)21-14-8-3-9-15-21/h1-15,18H,16-17H2. The zero-order valence-electron chi connectivity index (χ0n) is 13.5. The SMILES string of the molecule is C1=NCCN1C(c1ccccc1)(c1ccccc1)c1ccccc1. The summed E-state index contributed by atoms with van der Waals surface area (Å²) >= 11 is 0. The lowest BCUT2D eigenvalue weighted by Crippen LogP contribution is -2.46. The normalized spacial score (nSPS) is 14.1. The molecule has 4 rings (SSSR count). The van der Waals surface area contributed by atoms with Gasteiger partial charge < -0.3 is 4.90 Å². The topological polar surface area (TPSA) is 15.6 Å². The van der Waals surface area contributed by atoms with Crippen LogP contribution in [-0.2, 0) is 5.54 Å². The molecule has 24 heavy (non-hydrogen) atoms. The second-order valence-corrected chi connectivity index (χ2v) is 6.02. The number of rotatable bonds is 4. The molecule has 0 amide bonds. The molecule has 0 fully saturated rings. The largest absolute Gasteiger partial charge is 0.343 e. The van der Waals surface area contributed by atoms with Crippen molar-refractivity contribution in [1.82, 2.24) is 4.90 Å². The van der Waals surface area contributed by atoms with Crippen LogP contribution < -0.4 is 0 Å². The molecule has 2 nitrogen and oxygen atoms in total. The quantitative estimate of drug-likeness (QED) is 0.655. The van der Waals surface area contributed by atoms with Gasteiger partial charge in [-0.15, -0.1) is 0 Å². The third kappa shape index (κ3) is 2.31. The fraction of sp³-hybridized carbons (Fsp3) is 0.136. The first-order chi connectivity index (χ1) is 11.9. The van der Waals surface area contributed by atoms with Crippen molar-refractivity contribution >= 4 is 6.34 Å². The number of benzene rings is 3. The zero-order valence-corrected chi connectivity index (χ0v) is 13.5. The van der Waals surface area contributed by atoms with E-state index in [1.54, 1.807) is 0 Å². The van der Waals surface area contributed by atoms with Gasteiger partial charge in [0.15, 0.2) is 0 Å². The molecule has 0 unspecified atom stereocenters. The Morgan fingerprint density at radius 2 is 1.04 bits per heavy atom. The Hall–Kier alpha value is -2.87. The Morgan fingerprint density at radius 1 is 0.625 bits per heavy atom. The molecule has 118 valence electrons. The molecule has 0 aromatic heterocycles. The van der Waals surface area contributed by atoms with Gasteiger partial charge in [0, 0.05) is 6.54 Å². The fourth-order valence-corrected chi connectivity index (χ4v) is 3.67. The maximum Gasteiger partial charge on any atom is 0.117 e. The van der Waals surface area contributed by atoms with Crippen LogP contribution in [-0.4, -0.2) is 24.3 Å². The molecule has 1 heterocycles. The smallest absolute Gasteiger partial charge is 0.117 e. The van der Waals surface area contributed by atoms with Crippen LogP contribution in [0, 0.1) is 0 Å². The number of hydrogen-bond donors (Lipinski definition) is 0. The van der Waals surface area contributed by atoms with Crippen molar-refractivity contribution in [2.75, 3.05) is 13.1 Å². The highest BCUT2D eigenvalue weighted by Crippen LogP contribution is 2.42. The number of hydrogen-bond acceptors (Lipinski definition) is 2. The van der Waals surface area contributed by atoms with Gasteiger partial charge in [0.05, 0.1) is 12.9 Å². The van der Waals surface area contributed by atoms with Crippen molar-refractivity contribution in [1.29, 1.82) is 0 Å². The molecule has 1 aliphatic rings. The summed E-state index contributed by atoms with van der Waals surface area (Å²) in [5.41, 5.74) is 3.42. The third-order valence-electron chi connectivity index (χ3n) is 4.70. The van der Waals surface area contributed by atoms with E-state index in [9.17, 15) is 0 Å². The summed E-state index contributed by atoms with van der Waals surface area (Å²) in [5.74, 6) is 0. The molecule has 0 aliphatic carbocycles. The first-order valence-electron chi connectivity index (χ1n) is 8.35. The maximum atomic E-state index is 4.51. The Bertz CT molecular complexity index is 714. The van der Waals surface area contributed by atoms with E-state index in [1.807, 2.05) is 6.34 Å². The van der Waals surface area contributed by atoms with Crippen LogP contribution in [0.1, 0.15) is 16.7 Å². The summed E-state index contributed by atoms with van der Waals surface area (Å²) in [7, 11) is 0. The highest BCUT2D eigenvalue weighted by molar-refractivity contribution is 5.65. The van der Waals surface area contributed by atoms with Gasteiger partial charge in [0.25, 0.3) is 0 Å². The molecule has 0 N–H and O–H groups in total. The molecule has 0 bridgehead atoms. The van der Waals surface area contributed by atoms with Crippen molar-refractivity contribution in [3.8, 4) is 0 Å². The first-order valence-corrected chi connectivity index (χ1v) is 8.35. The minimum absolute atomic E-state index is 0.357. The lowest BCUT2D eigenvalue weighted by atomic mass is 9.76. The summed E-state index contributed by atoms with van der Waals surface area (Å²) in [5, 5.41) is 0. The van der Waals surface area contributed by atoms with Crippen LogP contribution in [0.3, 0.4) is 0 Å². The molecule has 3 aromatic rings. The maximum absolute atomic E-state index is 4.51. The summed E-state index contributed by atoms with van der Waals surface area (Å²) in [6, 6.07) is 32.2. The van der Waals surface area contributed by atoms with Crippen LogP contribution in [0.4, 0.5) is 0 Å². The molecule has 1 aliphatic heterocycles. The van der Waals surface area contributed by atoms with Gasteiger partial charge in [-0.05, 0) is 16.7 Å². The summed E-state index contributed by atoms with van der Waals surface area (Å²) in [4.78, 5) is 6.88. The lowest BCUT2D eigenvalue weighted by molar-refractivity contribution is 0.296. The molecule has 3 aromatic carbocycles. The van der Waals surface area contributed by atoms with E-state index in [4.69, 9.17) is 0 Å². The fourth-order valence-electron chi connectivity index (χ4n) is 3.67. The van der Waals surface area contributed by atoms with Gasteiger partial charge >= 0.3 is 0 Å². The van der Waals surface area contributed by atoms with Crippen LogP contribution >= 0.6 is 0 Å². The molecule has 0 saturated heterocycles. The van der Waals surface area contributed by atoms with E-state index >= 15 is 0 Å². The van der Waals surface area contributed by atoms with E-state index in [0.29, 0.717) is 0 Å². The first kappa shape index (κ1) is 14.7. The Labute approximate surface area is 143 Å². The third-order valence-corrected chi connectivity index (χ3v) is 4.70. The molecular formula is C22H20N2. The van der Waals surface area contributed by atoms with Crippen molar-refractivity contribution < 1.29 is 0 Å². The van der Waals surface area contributed by atoms with Crippen molar-refractivity contribution in [3.63, 3.8) is 0 Å². The van der Waals surface area contributed by atoms with Crippen molar-refractivity contribution in [2.45, 2.75) is 5.54 Å². The summed E-state index contributed by atoms with van der Waals surface area (Å²) < 4.78 is 0. The Kier molecular flexibility index (Phi) is 3.87. The van der Waals surface area contributed by atoms with Gasteiger partial charge in [0.2, 0.25) is 0 Å². The molecule has 0 spiro atoms. The summed E-state index contributed by atoms with van der Waals surface area (Å²) in [6.07, 6.45) is 2.01. The molecule has 2 heteroatoms. The second kappa shape index (κ2) is 6.32. The van der Waals surface area contributed by atoms with E-state index in [2.05, 4.69) is 101 Å². The van der Waals surface area contributed by atoms with Gasteiger partial charge in [0.1, 0.15) is 5.54 Å². The highest BCUT2D eigenvalue weighted by atomic mass is 15.3. The van der Waals surface area contributed by atoms with Gasteiger partial charge in [-0.2, -0.15) is 0 Å². The van der Waals surface area contributed by atoms with E-state index < -0.39 is 0 Å². The van der Waals surface area contributed by atoms with Gasteiger partial charge in [-0.25, -0.2) is 0 Å². The predicted molar refractivity (Wildman–Crippen MR) is 99.3 cm³/mol. The molecule has 0 radical (unpaired) electrons. The van der Waals surface area contributed by atoms with Crippen LogP contribution in [0.2, 0.25) is 0 Å². The Morgan fingerprint density at radius 3 is 1.38 bits per heavy atom. The van der Waals surface area contributed by atoms with Crippen molar-refractivity contribution in [3.05, 3.63) is 108 Å². The van der Waals surface area contributed by atoms with Crippen molar-refractivity contribution in [2.24, 2.45) is 4.99 Å². The average molecular weight is 312 g/mol. The predicted octanol–water partition coefficient (Wildman–Crippen LogP) is 4.32. The Balaban J connectivity index is 2.05. The average Bonchev–Trinajstić information content (AvgIpc) is 3.20. The summed E-state index contributed by atoms with van der Waals surface area (Å²) in [6.45, 7) is 1.76. The highest BCUT2D eigenvalue weighted by Gasteiger charge is 2.41. The van der Waals surface area contributed by atoms with E-state index in [-0.39, 0.29) is 5.54 Å². The molecule has 0 atom stereocenters. The van der Waals surface area contributed by atoms with Crippen LogP contribution in [0.25, 0.3) is 0 Å².